The van der Waals surface area contributed by atoms with Crippen LogP contribution in [0.4, 0.5) is 0 Å². The molecule has 19 heavy (non-hydrogen) atoms. The largest absolute Gasteiger partial charge is 0.497 e. The van der Waals surface area contributed by atoms with Crippen molar-refractivity contribution in [1.29, 1.82) is 0 Å². The predicted octanol–water partition coefficient (Wildman–Crippen LogP) is 3.80. The van der Waals surface area contributed by atoms with Gasteiger partial charge < -0.3 is 10.1 Å². The van der Waals surface area contributed by atoms with E-state index in [0.717, 1.165) is 24.8 Å². The molecule has 0 heterocycles. The first-order valence-corrected chi connectivity index (χ1v) is 11.0. The molecule has 0 radical (unpaired) electrons. The van der Waals surface area contributed by atoms with Gasteiger partial charge in [-0.25, -0.2) is 0 Å². The lowest BCUT2D eigenvalue weighted by Crippen LogP contribution is -2.31. The van der Waals surface area contributed by atoms with Crippen molar-refractivity contribution in [2.45, 2.75) is 39.0 Å². The molecule has 1 rings (SSSR count). The molecule has 1 unspecified atom stereocenters. The molecular formula is C16H29NOSi. The first-order chi connectivity index (χ1) is 8.94. The highest BCUT2D eigenvalue weighted by atomic mass is 28.3. The van der Waals surface area contributed by atoms with Crippen molar-refractivity contribution in [3.05, 3.63) is 29.8 Å². The van der Waals surface area contributed by atoms with E-state index < -0.39 is 8.07 Å². The van der Waals surface area contributed by atoms with Gasteiger partial charge in [-0.15, -0.1) is 0 Å². The third kappa shape index (κ3) is 6.78. The maximum absolute atomic E-state index is 5.21. The number of rotatable bonds is 8. The second-order valence-electron chi connectivity index (χ2n) is 6.49. The summed E-state index contributed by atoms with van der Waals surface area (Å²) in [5.41, 5.74) is 1.42. The van der Waals surface area contributed by atoms with Crippen LogP contribution in [0.25, 0.3) is 0 Å². The fourth-order valence-corrected chi connectivity index (χ4v) is 4.55. The Morgan fingerprint density at radius 1 is 1.16 bits per heavy atom. The Kier molecular flexibility index (Phi) is 6.59. The van der Waals surface area contributed by atoms with Crippen LogP contribution >= 0.6 is 0 Å². The van der Waals surface area contributed by atoms with Crippen LogP contribution in [0.5, 0.6) is 5.75 Å². The number of hydrogen-bond acceptors (Lipinski definition) is 2. The van der Waals surface area contributed by atoms with Gasteiger partial charge in [0.25, 0.3) is 0 Å². The zero-order valence-electron chi connectivity index (χ0n) is 13.1. The van der Waals surface area contributed by atoms with Crippen molar-refractivity contribution in [1.82, 2.24) is 5.32 Å². The fourth-order valence-electron chi connectivity index (χ4n) is 2.53. The molecule has 0 aliphatic carbocycles. The topological polar surface area (TPSA) is 21.3 Å². The summed E-state index contributed by atoms with van der Waals surface area (Å²) in [6, 6.07) is 9.90. The second kappa shape index (κ2) is 7.71. The summed E-state index contributed by atoms with van der Waals surface area (Å²) in [6.45, 7) is 11.7. The average Bonchev–Trinajstić information content (AvgIpc) is 2.35. The lowest BCUT2D eigenvalue weighted by molar-refractivity contribution is 0.414. The Balaban J connectivity index is 2.63. The van der Waals surface area contributed by atoms with Gasteiger partial charge in [0.05, 0.1) is 7.11 Å². The van der Waals surface area contributed by atoms with Crippen molar-refractivity contribution >= 4 is 8.07 Å². The zero-order valence-corrected chi connectivity index (χ0v) is 14.1. The minimum Gasteiger partial charge on any atom is -0.497 e. The molecular weight excluding hydrogens is 250 g/mol. The number of methoxy groups -OCH3 is 1. The number of ether oxygens (including phenoxy) is 1. The van der Waals surface area contributed by atoms with Gasteiger partial charge >= 0.3 is 0 Å². The maximum Gasteiger partial charge on any atom is 0.118 e. The standard InChI is InChI=1S/C16H29NOSi/c1-6-17-12-15(13-19(3,4)5)11-14-7-9-16(18-2)10-8-14/h7-10,15,17H,6,11-13H2,1-5H3. The summed E-state index contributed by atoms with van der Waals surface area (Å²) in [7, 11) is 0.710. The van der Waals surface area contributed by atoms with Gasteiger partial charge in [-0.3, -0.25) is 0 Å². The van der Waals surface area contributed by atoms with Crippen molar-refractivity contribution in [3.63, 3.8) is 0 Å². The van der Waals surface area contributed by atoms with E-state index >= 15 is 0 Å². The van der Waals surface area contributed by atoms with E-state index in [-0.39, 0.29) is 0 Å². The number of nitrogens with one attached hydrogen (secondary N) is 1. The molecule has 0 aromatic heterocycles. The Labute approximate surface area is 119 Å². The molecule has 0 amide bonds. The van der Waals surface area contributed by atoms with E-state index in [9.17, 15) is 0 Å². The molecule has 0 fully saturated rings. The molecule has 2 nitrogen and oxygen atoms in total. The SMILES string of the molecule is CCNCC(Cc1ccc(OC)cc1)C[Si](C)(C)C. The third-order valence-corrected chi connectivity index (χ3v) is 5.07. The van der Waals surface area contributed by atoms with Crippen LogP contribution in [0.1, 0.15) is 12.5 Å². The maximum atomic E-state index is 5.21. The Morgan fingerprint density at radius 2 is 1.79 bits per heavy atom. The van der Waals surface area contributed by atoms with E-state index in [4.69, 9.17) is 4.74 Å². The van der Waals surface area contributed by atoms with Gasteiger partial charge in [-0.1, -0.05) is 44.7 Å². The van der Waals surface area contributed by atoms with Gasteiger partial charge in [0.1, 0.15) is 5.75 Å². The first-order valence-electron chi connectivity index (χ1n) is 7.28. The highest BCUT2D eigenvalue weighted by Gasteiger charge is 2.20. The Bertz CT molecular complexity index is 356. The summed E-state index contributed by atoms with van der Waals surface area (Å²) in [4.78, 5) is 0. The highest BCUT2D eigenvalue weighted by Crippen LogP contribution is 2.21. The van der Waals surface area contributed by atoms with Crippen molar-refractivity contribution in [2.75, 3.05) is 20.2 Å². The second-order valence-corrected chi connectivity index (χ2v) is 12.0. The van der Waals surface area contributed by atoms with Crippen LogP contribution in [0, 0.1) is 5.92 Å². The van der Waals surface area contributed by atoms with Gasteiger partial charge in [0.15, 0.2) is 0 Å². The number of hydrogen-bond donors (Lipinski definition) is 1. The molecule has 0 spiro atoms. The molecule has 0 saturated carbocycles. The van der Waals surface area contributed by atoms with Crippen LogP contribution in [0.15, 0.2) is 24.3 Å². The van der Waals surface area contributed by atoms with Gasteiger partial charge in [0, 0.05) is 8.07 Å². The molecule has 0 bridgehead atoms. The van der Waals surface area contributed by atoms with Gasteiger partial charge in [0.2, 0.25) is 0 Å². The summed E-state index contributed by atoms with van der Waals surface area (Å²) >= 11 is 0. The van der Waals surface area contributed by atoms with Crippen LogP contribution in [0.3, 0.4) is 0 Å². The molecule has 3 heteroatoms. The highest BCUT2D eigenvalue weighted by molar-refractivity contribution is 6.76. The van der Waals surface area contributed by atoms with Crippen molar-refractivity contribution in [3.8, 4) is 5.75 Å². The van der Waals surface area contributed by atoms with Gasteiger partial charge in [-0.05, 0) is 43.1 Å². The lowest BCUT2D eigenvalue weighted by atomic mass is 10.0. The molecule has 1 N–H and O–H groups in total. The van der Waals surface area contributed by atoms with E-state index in [1.54, 1.807) is 7.11 Å². The van der Waals surface area contributed by atoms with E-state index in [2.05, 4.69) is 56.1 Å². The molecule has 0 aliphatic heterocycles. The lowest BCUT2D eigenvalue weighted by Gasteiger charge is -2.25. The van der Waals surface area contributed by atoms with Crippen molar-refractivity contribution < 1.29 is 4.74 Å². The van der Waals surface area contributed by atoms with Crippen LogP contribution in [-0.2, 0) is 6.42 Å². The summed E-state index contributed by atoms with van der Waals surface area (Å²) < 4.78 is 5.21. The van der Waals surface area contributed by atoms with E-state index in [1.807, 2.05) is 0 Å². The summed E-state index contributed by atoms with van der Waals surface area (Å²) in [5, 5.41) is 3.51. The molecule has 1 atom stereocenters. The van der Waals surface area contributed by atoms with E-state index in [0.29, 0.717) is 0 Å². The normalized spacial score (nSPS) is 13.3. The Hall–Kier alpha value is -0.803. The molecule has 1 aromatic rings. The monoisotopic (exact) mass is 279 g/mol. The average molecular weight is 280 g/mol. The van der Waals surface area contributed by atoms with Crippen LogP contribution in [0.2, 0.25) is 25.7 Å². The van der Waals surface area contributed by atoms with E-state index in [1.165, 1.54) is 18.0 Å². The molecule has 0 saturated heterocycles. The smallest absolute Gasteiger partial charge is 0.118 e. The van der Waals surface area contributed by atoms with Crippen LogP contribution in [-0.4, -0.2) is 28.3 Å². The third-order valence-electron chi connectivity index (χ3n) is 3.27. The predicted molar refractivity (Wildman–Crippen MR) is 86.9 cm³/mol. The van der Waals surface area contributed by atoms with Crippen molar-refractivity contribution in [2.24, 2.45) is 5.92 Å². The molecule has 1 aromatic carbocycles. The van der Waals surface area contributed by atoms with Gasteiger partial charge in [-0.2, -0.15) is 0 Å². The quantitative estimate of drug-likeness (QED) is 0.731. The molecule has 0 aliphatic rings. The minimum absolute atomic E-state index is 0.750. The first kappa shape index (κ1) is 16.3. The van der Waals surface area contributed by atoms with Crippen LogP contribution < -0.4 is 10.1 Å². The minimum atomic E-state index is -1.01. The fraction of sp³-hybridized carbons (Fsp3) is 0.625. The Morgan fingerprint density at radius 3 is 2.26 bits per heavy atom. The summed E-state index contributed by atoms with van der Waals surface area (Å²) in [6.07, 6.45) is 1.17. The number of benzene rings is 1. The summed E-state index contributed by atoms with van der Waals surface area (Å²) in [5.74, 6) is 1.69. The zero-order chi connectivity index (χ0) is 14.3. The molecule has 108 valence electrons.